The third kappa shape index (κ3) is 3.93. The third-order valence-electron chi connectivity index (χ3n) is 3.96. The van der Waals surface area contributed by atoms with E-state index in [9.17, 15) is 14.4 Å². The van der Waals surface area contributed by atoms with Crippen molar-refractivity contribution in [1.29, 1.82) is 0 Å². The monoisotopic (exact) mass is 307 g/mol. The Kier molecular flexibility index (Phi) is 6.94. The molecular weight excluding hydrogens is 278 g/mol. The Hall–Kier alpha value is -1.71. The van der Waals surface area contributed by atoms with E-state index in [1.54, 1.807) is 34.9 Å². The number of hydrogen-bond acceptors (Lipinski definition) is 3. The minimum absolute atomic E-state index is 0.0560. The number of Topliss-reactive ketones (excluding diaryl/α,β-unsaturated/α-hetero) is 2. The lowest BCUT2D eigenvalue weighted by Gasteiger charge is -2.32. The van der Waals surface area contributed by atoms with Crippen LogP contribution in [0, 0.1) is 5.41 Å². The molecule has 0 N–H and O–H groups in total. The lowest BCUT2D eigenvalue weighted by atomic mass is 9.71. The topological polar surface area (TPSA) is 54.5 Å². The van der Waals surface area contributed by atoms with E-state index in [2.05, 4.69) is 0 Å². The summed E-state index contributed by atoms with van der Waals surface area (Å²) in [5, 5.41) is 0. The van der Waals surface area contributed by atoms with E-state index in [1.807, 2.05) is 27.7 Å². The van der Waals surface area contributed by atoms with Crippen LogP contribution in [0.1, 0.15) is 54.9 Å². The van der Waals surface area contributed by atoms with Crippen molar-refractivity contribution in [2.24, 2.45) is 5.41 Å². The van der Waals surface area contributed by atoms with Gasteiger partial charge in [0.1, 0.15) is 0 Å². The number of carbonyl (C=O) groups is 3. The third-order valence-corrected chi connectivity index (χ3v) is 3.96. The standard InChI is InChI=1S/C16H23NO3.C2H6/c1-9-10(2)15(20)13(11(3)14(9)19)16(4,5)8-12(18)17(6)7;1-2/h8H2,1-7H3;1-2H3. The molecule has 0 heterocycles. The van der Waals surface area contributed by atoms with Crippen molar-refractivity contribution < 1.29 is 14.4 Å². The fraction of sp³-hybridized carbons (Fsp3) is 0.611. The summed E-state index contributed by atoms with van der Waals surface area (Å²) in [7, 11) is 3.37. The Morgan fingerprint density at radius 1 is 0.909 bits per heavy atom. The Bertz CT molecular complexity index is 549. The quantitative estimate of drug-likeness (QED) is 0.752. The molecule has 124 valence electrons. The zero-order valence-corrected chi connectivity index (χ0v) is 15.4. The molecule has 0 aromatic carbocycles. The summed E-state index contributed by atoms with van der Waals surface area (Å²) >= 11 is 0. The van der Waals surface area contributed by atoms with Gasteiger partial charge in [0.25, 0.3) is 0 Å². The van der Waals surface area contributed by atoms with Gasteiger partial charge in [-0.05, 0) is 20.8 Å². The molecule has 4 nitrogen and oxygen atoms in total. The van der Waals surface area contributed by atoms with Crippen LogP contribution in [-0.4, -0.2) is 36.5 Å². The maximum Gasteiger partial charge on any atom is 0.222 e. The molecule has 0 spiro atoms. The fourth-order valence-electron chi connectivity index (χ4n) is 2.53. The lowest BCUT2D eigenvalue weighted by molar-refractivity contribution is -0.130. The largest absolute Gasteiger partial charge is 0.349 e. The van der Waals surface area contributed by atoms with Gasteiger partial charge in [0, 0.05) is 48.2 Å². The van der Waals surface area contributed by atoms with Crippen molar-refractivity contribution in [2.45, 2.75) is 54.9 Å². The van der Waals surface area contributed by atoms with Crippen LogP contribution in [0.15, 0.2) is 22.3 Å². The highest BCUT2D eigenvalue weighted by Crippen LogP contribution is 2.38. The van der Waals surface area contributed by atoms with E-state index in [4.69, 9.17) is 0 Å². The van der Waals surface area contributed by atoms with Gasteiger partial charge in [-0.2, -0.15) is 0 Å². The first kappa shape index (κ1) is 20.3. The van der Waals surface area contributed by atoms with E-state index in [1.165, 1.54) is 4.90 Å². The summed E-state index contributed by atoms with van der Waals surface area (Å²) in [4.78, 5) is 38.1. The second-order valence-corrected chi connectivity index (χ2v) is 6.26. The summed E-state index contributed by atoms with van der Waals surface area (Å²) in [5.41, 5.74) is 1.28. The van der Waals surface area contributed by atoms with Crippen molar-refractivity contribution >= 4 is 17.5 Å². The van der Waals surface area contributed by atoms with E-state index in [-0.39, 0.29) is 23.9 Å². The van der Waals surface area contributed by atoms with Gasteiger partial charge in [-0.15, -0.1) is 0 Å². The average Bonchev–Trinajstić information content (AvgIpc) is 2.44. The van der Waals surface area contributed by atoms with Crippen LogP contribution in [0.25, 0.3) is 0 Å². The summed E-state index contributed by atoms with van der Waals surface area (Å²) in [6.45, 7) is 12.7. The summed E-state index contributed by atoms with van der Waals surface area (Å²) in [6.07, 6.45) is 0.206. The first-order chi connectivity index (χ1) is 10.0. The number of rotatable bonds is 3. The van der Waals surface area contributed by atoms with E-state index in [0.717, 1.165) is 0 Å². The summed E-state index contributed by atoms with van der Waals surface area (Å²) in [5.74, 6) is -0.266. The summed E-state index contributed by atoms with van der Waals surface area (Å²) < 4.78 is 0. The molecule has 0 radical (unpaired) electrons. The molecule has 0 fully saturated rings. The minimum atomic E-state index is -0.653. The molecule has 0 atom stereocenters. The van der Waals surface area contributed by atoms with Crippen molar-refractivity contribution in [3.8, 4) is 0 Å². The highest BCUT2D eigenvalue weighted by molar-refractivity contribution is 6.25. The van der Waals surface area contributed by atoms with Gasteiger partial charge in [-0.25, -0.2) is 0 Å². The first-order valence-electron chi connectivity index (χ1n) is 7.69. The number of amides is 1. The Labute approximate surface area is 134 Å². The van der Waals surface area contributed by atoms with Gasteiger partial charge >= 0.3 is 0 Å². The molecule has 1 amide bonds. The molecule has 1 rings (SSSR count). The minimum Gasteiger partial charge on any atom is -0.349 e. The predicted octanol–water partition coefficient (Wildman–Crippen LogP) is 3.32. The van der Waals surface area contributed by atoms with Crippen molar-refractivity contribution in [1.82, 2.24) is 4.90 Å². The Morgan fingerprint density at radius 3 is 1.73 bits per heavy atom. The molecule has 0 bridgehead atoms. The highest BCUT2D eigenvalue weighted by Gasteiger charge is 2.38. The van der Waals surface area contributed by atoms with Gasteiger partial charge in [0.05, 0.1) is 0 Å². The fourth-order valence-corrected chi connectivity index (χ4v) is 2.53. The van der Waals surface area contributed by atoms with Crippen molar-refractivity contribution in [3.63, 3.8) is 0 Å². The Balaban J connectivity index is 0.00000211. The molecule has 0 saturated heterocycles. The zero-order valence-electron chi connectivity index (χ0n) is 15.4. The highest BCUT2D eigenvalue weighted by atomic mass is 16.2. The predicted molar refractivity (Wildman–Crippen MR) is 89.5 cm³/mol. The second-order valence-electron chi connectivity index (χ2n) is 6.26. The van der Waals surface area contributed by atoms with Gasteiger partial charge in [-0.1, -0.05) is 27.7 Å². The van der Waals surface area contributed by atoms with Crippen LogP contribution in [0.2, 0.25) is 0 Å². The molecule has 22 heavy (non-hydrogen) atoms. The molecule has 0 unspecified atom stereocenters. The maximum absolute atomic E-state index is 12.5. The van der Waals surface area contributed by atoms with Crippen LogP contribution in [0.5, 0.6) is 0 Å². The number of allylic oxidation sites excluding steroid dienone is 4. The van der Waals surface area contributed by atoms with Gasteiger partial charge < -0.3 is 4.90 Å². The molecular formula is C18H29NO3. The Morgan fingerprint density at radius 2 is 1.32 bits per heavy atom. The number of hydrogen-bond donors (Lipinski definition) is 0. The molecule has 4 heteroatoms. The average molecular weight is 307 g/mol. The molecule has 0 aliphatic heterocycles. The number of carbonyl (C=O) groups excluding carboxylic acids is 3. The molecule has 1 aliphatic carbocycles. The van der Waals surface area contributed by atoms with E-state index < -0.39 is 5.41 Å². The smallest absolute Gasteiger partial charge is 0.222 e. The zero-order chi connectivity index (χ0) is 17.8. The van der Waals surface area contributed by atoms with Gasteiger partial charge in [0.2, 0.25) is 5.91 Å². The van der Waals surface area contributed by atoms with Crippen molar-refractivity contribution in [2.75, 3.05) is 14.1 Å². The SMILES string of the molecule is CC.CC1=C(C)C(=O)C(C(C)(C)CC(=O)N(C)C)=C(C)C1=O. The lowest BCUT2D eigenvalue weighted by Crippen LogP contribution is -2.34. The van der Waals surface area contributed by atoms with Crippen molar-refractivity contribution in [3.05, 3.63) is 22.3 Å². The maximum atomic E-state index is 12.5. The molecule has 0 aromatic heterocycles. The summed E-state index contributed by atoms with van der Waals surface area (Å²) in [6, 6.07) is 0. The van der Waals surface area contributed by atoms with Gasteiger partial charge in [0.15, 0.2) is 11.6 Å². The first-order valence-corrected chi connectivity index (χ1v) is 7.69. The van der Waals surface area contributed by atoms with E-state index in [0.29, 0.717) is 22.3 Å². The van der Waals surface area contributed by atoms with Crippen LogP contribution >= 0.6 is 0 Å². The number of nitrogens with zero attached hydrogens (tertiary/aromatic N) is 1. The number of ketones is 2. The molecule has 0 aromatic rings. The second kappa shape index (κ2) is 7.52. The van der Waals surface area contributed by atoms with Gasteiger partial charge in [-0.3, -0.25) is 14.4 Å². The molecule has 1 aliphatic rings. The molecule has 0 saturated carbocycles. The van der Waals surface area contributed by atoms with Crippen LogP contribution in [0.4, 0.5) is 0 Å². The van der Waals surface area contributed by atoms with Crippen LogP contribution in [0.3, 0.4) is 0 Å². The van der Waals surface area contributed by atoms with Crippen LogP contribution < -0.4 is 0 Å². The normalized spacial score (nSPS) is 15.7. The van der Waals surface area contributed by atoms with E-state index >= 15 is 0 Å². The van der Waals surface area contributed by atoms with Crippen LogP contribution in [-0.2, 0) is 14.4 Å².